The predicted molar refractivity (Wildman–Crippen MR) is 56.9 cm³/mol. The summed E-state index contributed by atoms with van der Waals surface area (Å²) in [6.07, 6.45) is 0. The van der Waals surface area contributed by atoms with Gasteiger partial charge >= 0.3 is 12.6 Å². The highest BCUT2D eigenvalue weighted by atomic mass is 79.9. The average Bonchev–Trinajstić information content (AvgIpc) is 2.22. The Hall–Kier alpha value is -1.17. The van der Waals surface area contributed by atoms with E-state index in [1.54, 1.807) is 6.92 Å². The van der Waals surface area contributed by atoms with Crippen LogP contribution in [0.5, 0.6) is 5.75 Å². The summed E-state index contributed by atoms with van der Waals surface area (Å²) in [5.74, 6) is -0.906. The highest BCUT2D eigenvalue weighted by Gasteiger charge is 2.20. The lowest BCUT2D eigenvalue weighted by Crippen LogP contribution is -2.11. The number of hydrogen-bond acceptors (Lipinski definition) is 3. The first-order valence-corrected chi connectivity index (χ1v) is 5.09. The van der Waals surface area contributed by atoms with Crippen molar-refractivity contribution in [2.45, 2.75) is 13.5 Å². The lowest BCUT2D eigenvalue weighted by Gasteiger charge is -2.12. The number of halogens is 3. The Labute approximate surface area is 99.5 Å². The van der Waals surface area contributed by atoms with Gasteiger partial charge < -0.3 is 9.47 Å². The molecule has 16 heavy (non-hydrogen) atoms. The van der Waals surface area contributed by atoms with Crippen molar-refractivity contribution in [2.75, 3.05) is 7.11 Å². The van der Waals surface area contributed by atoms with Crippen LogP contribution in [0.15, 0.2) is 16.6 Å². The monoisotopic (exact) mass is 294 g/mol. The van der Waals surface area contributed by atoms with E-state index in [1.165, 1.54) is 19.2 Å². The molecular weight excluding hydrogens is 286 g/mol. The highest BCUT2D eigenvalue weighted by molar-refractivity contribution is 9.10. The molecule has 0 saturated carbocycles. The minimum absolute atomic E-state index is 0.00262. The van der Waals surface area contributed by atoms with E-state index >= 15 is 0 Å². The van der Waals surface area contributed by atoms with E-state index in [2.05, 4.69) is 25.4 Å². The Kier molecular flexibility index (Phi) is 4.23. The minimum Gasteiger partial charge on any atom is -0.465 e. The summed E-state index contributed by atoms with van der Waals surface area (Å²) < 4.78 is 33.6. The lowest BCUT2D eigenvalue weighted by molar-refractivity contribution is -0.0504. The van der Waals surface area contributed by atoms with Gasteiger partial charge in [-0.05, 0) is 24.6 Å². The van der Waals surface area contributed by atoms with Crippen molar-refractivity contribution in [3.05, 3.63) is 27.7 Å². The van der Waals surface area contributed by atoms with Crippen molar-refractivity contribution >= 4 is 21.9 Å². The first kappa shape index (κ1) is 12.9. The van der Waals surface area contributed by atoms with Gasteiger partial charge in [-0.25, -0.2) is 4.79 Å². The van der Waals surface area contributed by atoms with Crippen molar-refractivity contribution < 1.29 is 23.0 Å². The van der Waals surface area contributed by atoms with E-state index in [9.17, 15) is 13.6 Å². The van der Waals surface area contributed by atoms with Crippen LogP contribution in [0.2, 0.25) is 0 Å². The number of esters is 1. The molecule has 0 N–H and O–H groups in total. The maximum Gasteiger partial charge on any atom is 0.387 e. The maximum absolute atomic E-state index is 12.1. The van der Waals surface area contributed by atoms with Gasteiger partial charge in [0.2, 0.25) is 0 Å². The Morgan fingerprint density at radius 3 is 2.56 bits per heavy atom. The minimum atomic E-state index is -2.98. The molecule has 88 valence electrons. The quantitative estimate of drug-likeness (QED) is 0.804. The highest BCUT2D eigenvalue weighted by Crippen LogP contribution is 2.30. The van der Waals surface area contributed by atoms with Gasteiger partial charge in [0.25, 0.3) is 0 Å². The SMILES string of the molecule is COC(=O)c1c(OC(F)F)ccc(Br)c1C. The smallest absolute Gasteiger partial charge is 0.387 e. The number of carbonyl (C=O) groups excluding carboxylic acids is 1. The van der Waals surface area contributed by atoms with Gasteiger partial charge in [0.15, 0.2) is 0 Å². The summed E-state index contributed by atoms with van der Waals surface area (Å²) in [6, 6.07) is 2.81. The Balaban J connectivity index is 3.27. The number of alkyl halides is 2. The summed E-state index contributed by atoms with van der Waals surface area (Å²) in [6.45, 7) is -1.38. The van der Waals surface area contributed by atoms with Crippen LogP contribution in [-0.4, -0.2) is 19.7 Å². The molecule has 0 bridgehead atoms. The summed E-state index contributed by atoms with van der Waals surface area (Å²) in [7, 11) is 1.18. The third kappa shape index (κ3) is 2.69. The predicted octanol–water partition coefficient (Wildman–Crippen LogP) is 3.15. The molecule has 0 unspecified atom stereocenters. The van der Waals surface area contributed by atoms with Crippen molar-refractivity contribution in [3.8, 4) is 5.75 Å². The van der Waals surface area contributed by atoms with Crippen molar-refractivity contribution in [3.63, 3.8) is 0 Å². The van der Waals surface area contributed by atoms with Gasteiger partial charge in [0.05, 0.1) is 7.11 Å². The second-order valence-corrected chi connectivity index (χ2v) is 3.77. The van der Waals surface area contributed by atoms with Gasteiger partial charge in [-0.15, -0.1) is 0 Å². The van der Waals surface area contributed by atoms with Gasteiger partial charge in [-0.1, -0.05) is 15.9 Å². The number of benzene rings is 1. The second kappa shape index (κ2) is 5.25. The van der Waals surface area contributed by atoms with Gasteiger partial charge in [-0.3, -0.25) is 0 Å². The fraction of sp³-hybridized carbons (Fsp3) is 0.300. The lowest BCUT2D eigenvalue weighted by atomic mass is 10.1. The zero-order valence-electron chi connectivity index (χ0n) is 8.59. The molecular formula is C10H9BrF2O3. The molecule has 0 aliphatic rings. The average molecular weight is 295 g/mol. The third-order valence-corrected chi connectivity index (χ3v) is 2.83. The summed E-state index contributed by atoms with van der Waals surface area (Å²) in [5.41, 5.74) is 0.488. The van der Waals surface area contributed by atoms with Gasteiger partial charge in [0, 0.05) is 4.47 Å². The van der Waals surface area contributed by atoms with Gasteiger partial charge in [-0.2, -0.15) is 8.78 Å². The van der Waals surface area contributed by atoms with Crippen LogP contribution >= 0.6 is 15.9 Å². The van der Waals surface area contributed by atoms with E-state index in [1.807, 2.05) is 0 Å². The summed E-state index contributed by atoms with van der Waals surface area (Å²) in [4.78, 5) is 11.4. The third-order valence-electron chi connectivity index (χ3n) is 1.97. The maximum atomic E-state index is 12.1. The fourth-order valence-corrected chi connectivity index (χ4v) is 1.54. The number of rotatable bonds is 3. The number of carbonyl (C=O) groups is 1. The largest absolute Gasteiger partial charge is 0.465 e. The normalized spacial score (nSPS) is 10.4. The Morgan fingerprint density at radius 1 is 1.44 bits per heavy atom. The molecule has 0 saturated heterocycles. The molecule has 0 heterocycles. The van der Waals surface area contributed by atoms with Crippen LogP contribution < -0.4 is 4.74 Å². The Bertz CT molecular complexity index is 407. The molecule has 0 fully saturated rings. The molecule has 6 heteroatoms. The molecule has 0 spiro atoms. The van der Waals surface area contributed by atoms with E-state index in [0.717, 1.165) is 0 Å². The number of hydrogen-bond donors (Lipinski definition) is 0. The molecule has 0 aromatic heterocycles. The Morgan fingerprint density at radius 2 is 2.06 bits per heavy atom. The van der Waals surface area contributed by atoms with Crippen LogP contribution in [0, 0.1) is 6.92 Å². The first-order chi connectivity index (χ1) is 7.47. The van der Waals surface area contributed by atoms with E-state index in [4.69, 9.17) is 0 Å². The standard InChI is InChI=1S/C10H9BrF2O3/c1-5-6(11)3-4-7(16-10(12)13)8(5)9(14)15-2/h3-4,10H,1-2H3. The molecule has 0 aliphatic heterocycles. The van der Waals surface area contributed by atoms with Crippen molar-refractivity contribution in [2.24, 2.45) is 0 Å². The molecule has 1 aromatic carbocycles. The van der Waals surface area contributed by atoms with Crippen molar-refractivity contribution in [1.82, 2.24) is 0 Å². The summed E-state index contributed by atoms with van der Waals surface area (Å²) >= 11 is 3.19. The van der Waals surface area contributed by atoms with Crippen LogP contribution in [0.3, 0.4) is 0 Å². The molecule has 0 aliphatic carbocycles. The molecule has 3 nitrogen and oxygen atoms in total. The number of ether oxygens (including phenoxy) is 2. The topological polar surface area (TPSA) is 35.5 Å². The zero-order valence-corrected chi connectivity index (χ0v) is 10.2. The van der Waals surface area contributed by atoms with E-state index in [-0.39, 0.29) is 11.3 Å². The molecule has 0 amide bonds. The van der Waals surface area contributed by atoms with Crippen molar-refractivity contribution in [1.29, 1.82) is 0 Å². The first-order valence-electron chi connectivity index (χ1n) is 4.29. The molecule has 0 radical (unpaired) electrons. The fourth-order valence-electron chi connectivity index (χ4n) is 1.21. The molecule has 0 atom stereocenters. The molecule has 1 rings (SSSR count). The van der Waals surface area contributed by atoms with Gasteiger partial charge in [0.1, 0.15) is 11.3 Å². The molecule has 1 aromatic rings. The zero-order chi connectivity index (χ0) is 12.3. The number of methoxy groups -OCH3 is 1. The van der Waals surface area contributed by atoms with Crippen LogP contribution in [0.4, 0.5) is 8.78 Å². The second-order valence-electron chi connectivity index (χ2n) is 2.92. The van der Waals surface area contributed by atoms with E-state index < -0.39 is 12.6 Å². The summed E-state index contributed by atoms with van der Waals surface area (Å²) in [5, 5.41) is 0. The van der Waals surface area contributed by atoms with Crippen LogP contribution in [-0.2, 0) is 4.74 Å². The van der Waals surface area contributed by atoms with E-state index in [0.29, 0.717) is 10.0 Å². The van der Waals surface area contributed by atoms with Crippen LogP contribution in [0.25, 0.3) is 0 Å². The van der Waals surface area contributed by atoms with Crippen LogP contribution in [0.1, 0.15) is 15.9 Å².